The molecule has 3 heteroatoms. The average Bonchev–Trinajstić information content (AvgIpc) is 2.83. The van der Waals surface area contributed by atoms with E-state index in [0.29, 0.717) is 6.04 Å². The van der Waals surface area contributed by atoms with Gasteiger partial charge in [0.2, 0.25) is 0 Å². The van der Waals surface area contributed by atoms with E-state index in [4.69, 9.17) is 5.26 Å². The van der Waals surface area contributed by atoms with Gasteiger partial charge in [-0.15, -0.1) is 0 Å². The Kier molecular flexibility index (Phi) is 3.55. The molecule has 0 aromatic heterocycles. The number of benzene rings is 1. The van der Waals surface area contributed by atoms with Crippen molar-refractivity contribution in [2.45, 2.75) is 19.0 Å². The van der Waals surface area contributed by atoms with Gasteiger partial charge >= 0.3 is 0 Å². The van der Waals surface area contributed by atoms with Crippen molar-refractivity contribution in [2.75, 3.05) is 20.1 Å². The fraction of sp³-hybridized carbons (Fsp3) is 0.462. The van der Waals surface area contributed by atoms with Crippen LogP contribution in [0.5, 0.6) is 0 Å². The molecule has 0 radical (unpaired) electrons. The summed E-state index contributed by atoms with van der Waals surface area (Å²) in [6.07, 6.45) is 1.22. The van der Waals surface area contributed by atoms with Crippen molar-refractivity contribution < 1.29 is 0 Å². The number of hydrogen-bond donors (Lipinski definition) is 1. The Morgan fingerprint density at radius 1 is 1.56 bits per heavy atom. The molecule has 1 aliphatic rings. The molecule has 84 valence electrons. The second-order valence-electron chi connectivity index (χ2n) is 4.37. The van der Waals surface area contributed by atoms with Crippen molar-refractivity contribution in [1.29, 1.82) is 5.26 Å². The third kappa shape index (κ3) is 2.60. The zero-order valence-corrected chi connectivity index (χ0v) is 9.61. The van der Waals surface area contributed by atoms with Gasteiger partial charge in [-0.1, -0.05) is 12.1 Å². The van der Waals surface area contributed by atoms with Gasteiger partial charge in [0.15, 0.2) is 0 Å². The van der Waals surface area contributed by atoms with E-state index >= 15 is 0 Å². The third-order valence-corrected chi connectivity index (χ3v) is 3.15. The van der Waals surface area contributed by atoms with E-state index in [-0.39, 0.29) is 0 Å². The van der Waals surface area contributed by atoms with Crippen molar-refractivity contribution >= 4 is 0 Å². The topological polar surface area (TPSA) is 39.1 Å². The van der Waals surface area contributed by atoms with E-state index in [2.05, 4.69) is 29.4 Å². The Morgan fingerprint density at radius 3 is 3.12 bits per heavy atom. The lowest BCUT2D eigenvalue weighted by Crippen LogP contribution is -2.32. The number of hydrogen-bond acceptors (Lipinski definition) is 3. The summed E-state index contributed by atoms with van der Waals surface area (Å²) in [6.45, 7) is 3.11. The maximum atomic E-state index is 8.83. The zero-order valence-electron chi connectivity index (χ0n) is 9.61. The molecule has 1 N–H and O–H groups in total. The van der Waals surface area contributed by atoms with Gasteiger partial charge in [0.05, 0.1) is 11.6 Å². The van der Waals surface area contributed by atoms with Gasteiger partial charge in [0.1, 0.15) is 0 Å². The van der Waals surface area contributed by atoms with Gasteiger partial charge in [0, 0.05) is 19.1 Å². The molecule has 1 aromatic carbocycles. The van der Waals surface area contributed by atoms with E-state index in [1.54, 1.807) is 0 Å². The standard InChI is InChI=1S/C13H17N3/c1-16(13-5-6-15-9-13)10-12-4-2-3-11(7-12)8-14/h2-4,7,13,15H,5-6,9-10H2,1H3. The number of rotatable bonds is 3. The van der Waals surface area contributed by atoms with Crippen LogP contribution in [0.1, 0.15) is 17.5 Å². The highest BCUT2D eigenvalue weighted by Gasteiger charge is 2.18. The Bertz CT molecular complexity index is 388. The van der Waals surface area contributed by atoms with Crippen molar-refractivity contribution in [2.24, 2.45) is 0 Å². The lowest BCUT2D eigenvalue weighted by atomic mass is 10.1. The SMILES string of the molecule is CN(Cc1cccc(C#N)c1)C1CCNC1. The molecule has 1 atom stereocenters. The molecule has 0 bridgehead atoms. The van der Waals surface area contributed by atoms with E-state index in [9.17, 15) is 0 Å². The van der Waals surface area contributed by atoms with Crippen LogP contribution in [0, 0.1) is 11.3 Å². The lowest BCUT2D eigenvalue weighted by molar-refractivity contribution is 0.249. The predicted molar refractivity (Wildman–Crippen MR) is 63.9 cm³/mol. The molecule has 1 heterocycles. The third-order valence-electron chi connectivity index (χ3n) is 3.15. The highest BCUT2D eigenvalue weighted by molar-refractivity contribution is 5.32. The molecule has 1 fully saturated rings. The summed E-state index contributed by atoms with van der Waals surface area (Å²) in [4.78, 5) is 2.36. The first-order valence-electron chi connectivity index (χ1n) is 5.69. The quantitative estimate of drug-likeness (QED) is 0.827. The second kappa shape index (κ2) is 5.11. The largest absolute Gasteiger partial charge is 0.315 e. The van der Waals surface area contributed by atoms with Gasteiger partial charge in [-0.25, -0.2) is 0 Å². The average molecular weight is 215 g/mol. The van der Waals surface area contributed by atoms with Crippen molar-refractivity contribution in [1.82, 2.24) is 10.2 Å². The van der Waals surface area contributed by atoms with Crippen LogP contribution in [0.15, 0.2) is 24.3 Å². The van der Waals surface area contributed by atoms with E-state index in [1.807, 2.05) is 18.2 Å². The molecule has 1 aliphatic heterocycles. The first-order chi connectivity index (χ1) is 7.79. The van der Waals surface area contributed by atoms with Gasteiger partial charge in [-0.3, -0.25) is 4.90 Å². The highest BCUT2D eigenvalue weighted by atomic mass is 15.2. The summed E-state index contributed by atoms with van der Waals surface area (Å²) in [5, 5.41) is 12.2. The number of nitriles is 1. The van der Waals surface area contributed by atoms with Crippen LogP contribution in [0.25, 0.3) is 0 Å². The fourth-order valence-electron chi connectivity index (χ4n) is 2.17. The predicted octanol–water partition coefficient (Wildman–Crippen LogP) is 1.35. The summed E-state index contributed by atoms with van der Waals surface area (Å²) >= 11 is 0. The molecular formula is C13H17N3. The number of nitrogens with one attached hydrogen (secondary N) is 1. The zero-order chi connectivity index (χ0) is 11.4. The monoisotopic (exact) mass is 215 g/mol. The molecule has 0 amide bonds. The van der Waals surface area contributed by atoms with Gasteiger partial charge in [-0.2, -0.15) is 5.26 Å². The first kappa shape index (κ1) is 11.1. The Morgan fingerprint density at radius 2 is 2.44 bits per heavy atom. The summed E-state index contributed by atoms with van der Waals surface area (Å²) in [6, 6.07) is 10.7. The molecule has 1 saturated heterocycles. The Hall–Kier alpha value is -1.37. The minimum atomic E-state index is 0.630. The first-order valence-corrected chi connectivity index (χ1v) is 5.69. The maximum absolute atomic E-state index is 8.83. The van der Waals surface area contributed by atoms with Gasteiger partial charge in [0.25, 0.3) is 0 Å². The molecule has 0 spiro atoms. The van der Waals surface area contributed by atoms with E-state index in [1.165, 1.54) is 12.0 Å². The van der Waals surface area contributed by atoms with Crippen molar-refractivity contribution in [3.8, 4) is 6.07 Å². The van der Waals surface area contributed by atoms with Gasteiger partial charge < -0.3 is 5.32 Å². The van der Waals surface area contributed by atoms with Crippen LogP contribution in [-0.2, 0) is 6.54 Å². The summed E-state index contributed by atoms with van der Waals surface area (Å²) < 4.78 is 0. The van der Waals surface area contributed by atoms with Crippen LogP contribution < -0.4 is 5.32 Å². The van der Waals surface area contributed by atoms with Crippen LogP contribution in [-0.4, -0.2) is 31.1 Å². The molecule has 16 heavy (non-hydrogen) atoms. The van der Waals surface area contributed by atoms with Crippen LogP contribution in [0.2, 0.25) is 0 Å². The van der Waals surface area contributed by atoms with Crippen LogP contribution in [0.4, 0.5) is 0 Å². The maximum Gasteiger partial charge on any atom is 0.0991 e. The minimum Gasteiger partial charge on any atom is -0.315 e. The molecule has 2 rings (SSSR count). The molecular weight excluding hydrogens is 198 g/mol. The number of nitrogens with zero attached hydrogens (tertiary/aromatic N) is 2. The normalized spacial score (nSPS) is 19.9. The summed E-state index contributed by atoms with van der Waals surface area (Å²) in [7, 11) is 2.15. The second-order valence-corrected chi connectivity index (χ2v) is 4.37. The van der Waals surface area contributed by atoms with Crippen LogP contribution in [0.3, 0.4) is 0 Å². The fourth-order valence-corrected chi connectivity index (χ4v) is 2.17. The molecule has 3 nitrogen and oxygen atoms in total. The summed E-state index contributed by atoms with van der Waals surface area (Å²) in [5.74, 6) is 0. The van der Waals surface area contributed by atoms with Crippen molar-refractivity contribution in [3.05, 3.63) is 35.4 Å². The molecule has 1 unspecified atom stereocenters. The number of likely N-dealkylation sites (N-methyl/N-ethyl adjacent to an activating group) is 1. The van der Waals surface area contributed by atoms with Crippen LogP contribution >= 0.6 is 0 Å². The smallest absolute Gasteiger partial charge is 0.0991 e. The molecule has 0 saturated carbocycles. The summed E-state index contributed by atoms with van der Waals surface area (Å²) in [5.41, 5.74) is 1.96. The lowest BCUT2D eigenvalue weighted by Gasteiger charge is -2.23. The minimum absolute atomic E-state index is 0.630. The van der Waals surface area contributed by atoms with E-state index in [0.717, 1.165) is 25.2 Å². The highest BCUT2D eigenvalue weighted by Crippen LogP contribution is 2.12. The molecule has 0 aliphatic carbocycles. The van der Waals surface area contributed by atoms with E-state index < -0.39 is 0 Å². The van der Waals surface area contributed by atoms with Gasteiger partial charge in [-0.05, 0) is 37.7 Å². The Balaban J connectivity index is 2.00. The molecule has 1 aromatic rings. The Labute approximate surface area is 96.7 Å². The van der Waals surface area contributed by atoms with Crippen molar-refractivity contribution in [3.63, 3.8) is 0 Å².